The molecule has 0 bridgehead atoms. The molecule has 2 aromatic carbocycles. The maximum Gasteiger partial charge on any atom is 0.198 e. The van der Waals surface area contributed by atoms with Gasteiger partial charge < -0.3 is 10.1 Å². The molecule has 0 saturated heterocycles. The first-order valence-corrected chi connectivity index (χ1v) is 7.01. The molecule has 2 aromatic rings. The summed E-state index contributed by atoms with van der Waals surface area (Å²) in [7, 11) is 0. The number of aryl methyl sites for hydroxylation is 1. The van der Waals surface area contributed by atoms with E-state index in [-0.39, 0.29) is 0 Å². The third-order valence-corrected chi connectivity index (χ3v) is 3.41. The molecule has 0 aromatic heterocycles. The first-order chi connectivity index (χ1) is 10.0. The minimum Gasteiger partial charge on any atom is -0.451 e. The van der Waals surface area contributed by atoms with Gasteiger partial charge in [0.15, 0.2) is 17.4 Å². The van der Waals surface area contributed by atoms with Crippen LogP contribution in [-0.2, 0) is 6.54 Å². The van der Waals surface area contributed by atoms with Gasteiger partial charge in [0, 0.05) is 11.6 Å². The zero-order chi connectivity index (χ0) is 15.4. The van der Waals surface area contributed by atoms with Gasteiger partial charge in [0.05, 0.1) is 0 Å². The lowest BCUT2D eigenvalue weighted by Crippen LogP contribution is -2.12. The van der Waals surface area contributed by atoms with Gasteiger partial charge in [0.2, 0.25) is 0 Å². The van der Waals surface area contributed by atoms with Gasteiger partial charge in [-0.15, -0.1) is 0 Å². The fourth-order valence-electron chi connectivity index (χ4n) is 1.88. The van der Waals surface area contributed by atoms with Crippen LogP contribution in [0.2, 0.25) is 5.02 Å². The Balaban J connectivity index is 2.25. The number of hydrogen-bond acceptors (Lipinski definition) is 2. The van der Waals surface area contributed by atoms with Crippen molar-refractivity contribution >= 4 is 11.6 Å². The molecule has 2 nitrogen and oxygen atoms in total. The van der Waals surface area contributed by atoms with Crippen LogP contribution in [0.1, 0.15) is 18.1 Å². The van der Waals surface area contributed by atoms with E-state index >= 15 is 0 Å². The molecule has 0 aliphatic heterocycles. The lowest BCUT2D eigenvalue weighted by atomic mass is 10.2. The highest BCUT2D eigenvalue weighted by molar-refractivity contribution is 6.31. The number of hydrogen-bond donors (Lipinski definition) is 1. The molecule has 1 N–H and O–H groups in total. The Labute approximate surface area is 127 Å². The van der Waals surface area contributed by atoms with Crippen molar-refractivity contribution in [2.24, 2.45) is 0 Å². The molecule has 21 heavy (non-hydrogen) atoms. The Morgan fingerprint density at radius 2 is 1.81 bits per heavy atom. The number of halogens is 3. The summed E-state index contributed by atoms with van der Waals surface area (Å²) in [5.41, 5.74) is 1.31. The molecule has 0 radical (unpaired) electrons. The van der Waals surface area contributed by atoms with Gasteiger partial charge in [0.25, 0.3) is 0 Å². The van der Waals surface area contributed by atoms with E-state index in [2.05, 4.69) is 5.32 Å². The average Bonchev–Trinajstić information content (AvgIpc) is 2.44. The standard InChI is InChI=1S/C16H16ClF2NO/c1-3-20-9-11-7-14(18)16(15(19)8-11)21-12-4-5-13(17)10(2)6-12/h4-8,20H,3,9H2,1-2H3. The smallest absolute Gasteiger partial charge is 0.198 e. The van der Waals surface area contributed by atoms with Crippen LogP contribution in [0, 0.1) is 18.6 Å². The Hall–Kier alpha value is -1.65. The van der Waals surface area contributed by atoms with E-state index in [1.807, 2.05) is 6.92 Å². The second kappa shape index (κ2) is 6.87. The molecular weight excluding hydrogens is 296 g/mol. The van der Waals surface area contributed by atoms with E-state index in [0.717, 1.165) is 12.1 Å². The maximum atomic E-state index is 14.0. The van der Waals surface area contributed by atoms with Crippen LogP contribution >= 0.6 is 11.6 Å². The van der Waals surface area contributed by atoms with Crippen molar-refractivity contribution in [1.82, 2.24) is 5.32 Å². The summed E-state index contributed by atoms with van der Waals surface area (Å²) in [5.74, 6) is -1.52. The third-order valence-electron chi connectivity index (χ3n) is 2.99. The SMILES string of the molecule is CCNCc1cc(F)c(Oc2ccc(Cl)c(C)c2)c(F)c1. The Kier molecular flexibility index (Phi) is 5.15. The highest BCUT2D eigenvalue weighted by Crippen LogP contribution is 2.30. The van der Waals surface area contributed by atoms with Gasteiger partial charge in [-0.3, -0.25) is 0 Å². The summed E-state index contributed by atoms with van der Waals surface area (Å²) in [5, 5.41) is 3.59. The minimum absolute atomic E-state index is 0.342. The minimum atomic E-state index is -0.726. The Bertz CT molecular complexity index is 623. The summed E-state index contributed by atoms with van der Waals surface area (Å²) >= 11 is 5.90. The van der Waals surface area contributed by atoms with Crippen molar-refractivity contribution in [3.05, 3.63) is 58.1 Å². The van der Waals surface area contributed by atoms with Crippen molar-refractivity contribution in [2.45, 2.75) is 20.4 Å². The number of rotatable bonds is 5. The van der Waals surface area contributed by atoms with Crippen LogP contribution in [-0.4, -0.2) is 6.54 Å². The van der Waals surface area contributed by atoms with Crippen molar-refractivity contribution < 1.29 is 13.5 Å². The van der Waals surface area contributed by atoms with Gasteiger partial charge in [-0.05, 0) is 54.9 Å². The van der Waals surface area contributed by atoms with Gasteiger partial charge in [-0.25, -0.2) is 8.78 Å². The third kappa shape index (κ3) is 3.93. The highest BCUT2D eigenvalue weighted by atomic mass is 35.5. The van der Waals surface area contributed by atoms with Crippen LogP contribution in [0.15, 0.2) is 30.3 Å². The predicted octanol–water partition coefficient (Wildman–Crippen LogP) is 4.83. The maximum absolute atomic E-state index is 14.0. The molecular formula is C16H16ClF2NO. The number of benzene rings is 2. The first kappa shape index (κ1) is 15.7. The van der Waals surface area contributed by atoms with Gasteiger partial charge in [-0.1, -0.05) is 18.5 Å². The van der Waals surface area contributed by atoms with Crippen LogP contribution in [0.25, 0.3) is 0 Å². The Morgan fingerprint density at radius 1 is 1.14 bits per heavy atom. The topological polar surface area (TPSA) is 21.3 Å². The quantitative estimate of drug-likeness (QED) is 0.854. The molecule has 0 saturated carbocycles. The molecule has 0 fully saturated rings. The van der Waals surface area contributed by atoms with E-state index in [9.17, 15) is 8.78 Å². The summed E-state index contributed by atoms with van der Waals surface area (Å²) in [6.45, 7) is 4.85. The summed E-state index contributed by atoms with van der Waals surface area (Å²) in [4.78, 5) is 0. The summed E-state index contributed by atoms with van der Waals surface area (Å²) < 4.78 is 33.3. The zero-order valence-electron chi connectivity index (χ0n) is 11.8. The summed E-state index contributed by atoms with van der Waals surface area (Å²) in [6, 6.07) is 7.36. The van der Waals surface area contributed by atoms with Crippen molar-refractivity contribution in [3.63, 3.8) is 0 Å². The van der Waals surface area contributed by atoms with Gasteiger partial charge >= 0.3 is 0 Å². The molecule has 0 aliphatic carbocycles. The van der Waals surface area contributed by atoms with Gasteiger partial charge in [0.1, 0.15) is 5.75 Å². The van der Waals surface area contributed by atoms with Crippen LogP contribution < -0.4 is 10.1 Å². The molecule has 2 rings (SSSR count). The number of ether oxygens (including phenoxy) is 1. The zero-order valence-corrected chi connectivity index (χ0v) is 12.6. The monoisotopic (exact) mass is 311 g/mol. The van der Waals surface area contributed by atoms with E-state index in [0.29, 0.717) is 22.9 Å². The second-order valence-corrected chi connectivity index (χ2v) is 5.09. The molecule has 0 heterocycles. The molecule has 0 amide bonds. The fourth-order valence-corrected chi connectivity index (χ4v) is 2.00. The molecule has 0 aliphatic rings. The highest BCUT2D eigenvalue weighted by Gasteiger charge is 2.14. The number of nitrogens with one attached hydrogen (secondary N) is 1. The largest absolute Gasteiger partial charge is 0.451 e. The lowest BCUT2D eigenvalue weighted by Gasteiger charge is -2.11. The fraction of sp³-hybridized carbons (Fsp3) is 0.250. The van der Waals surface area contributed by atoms with E-state index in [1.54, 1.807) is 25.1 Å². The van der Waals surface area contributed by atoms with Crippen LogP contribution in [0.5, 0.6) is 11.5 Å². The molecule has 5 heteroatoms. The second-order valence-electron chi connectivity index (χ2n) is 4.68. The van der Waals surface area contributed by atoms with E-state index in [4.69, 9.17) is 16.3 Å². The predicted molar refractivity (Wildman–Crippen MR) is 80.0 cm³/mol. The summed E-state index contributed by atoms with van der Waals surface area (Å²) in [6.07, 6.45) is 0. The van der Waals surface area contributed by atoms with Crippen LogP contribution in [0.3, 0.4) is 0 Å². The van der Waals surface area contributed by atoms with Crippen molar-refractivity contribution in [1.29, 1.82) is 0 Å². The van der Waals surface area contributed by atoms with Gasteiger partial charge in [-0.2, -0.15) is 0 Å². The Morgan fingerprint density at radius 3 is 2.38 bits per heavy atom. The van der Waals surface area contributed by atoms with Crippen LogP contribution in [0.4, 0.5) is 8.78 Å². The molecule has 112 valence electrons. The van der Waals surface area contributed by atoms with E-state index < -0.39 is 17.4 Å². The average molecular weight is 312 g/mol. The normalized spacial score (nSPS) is 10.7. The molecule has 0 spiro atoms. The first-order valence-electron chi connectivity index (χ1n) is 6.64. The molecule has 0 unspecified atom stereocenters. The van der Waals surface area contributed by atoms with Crippen molar-refractivity contribution in [2.75, 3.05) is 6.54 Å². The van der Waals surface area contributed by atoms with Crippen molar-refractivity contribution in [3.8, 4) is 11.5 Å². The molecule has 0 atom stereocenters. The lowest BCUT2D eigenvalue weighted by molar-refractivity contribution is 0.406. The van der Waals surface area contributed by atoms with E-state index in [1.165, 1.54) is 12.1 Å².